The molecular formula is C19H23N5S. The van der Waals surface area contributed by atoms with Gasteiger partial charge in [-0.3, -0.25) is 4.98 Å². The highest BCUT2D eigenvalue weighted by Crippen LogP contribution is 2.32. The van der Waals surface area contributed by atoms with Crippen LogP contribution in [0.2, 0.25) is 0 Å². The van der Waals surface area contributed by atoms with Crippen LogP contribution in [0.3, 0.4) is 0 Å². The fourth-order valence-electron chi connectivity index (χ4n) is 3.59. The Bertz CT molecular complexity index is 818. The molecule has 5 nitrogen and oxygen atoms in total. The van der Waals surface area contributed by atoms with Crippen LogP contribution in [0.1, 0.15) is 48.8 Å². The number of aryl methyl sites for hydroxylation is 1. The molecule has 1 aliphatic carbocycles. The van der Waals surface area contributed by atoms with E-state index in [1.165, 1.54) is 37.0 Å². The van der Waals surface area contributed by atoms with Gasteiger partial charge in [-0.25, -0.2) is 0 Å². The van der Waals surface area contributed by atoms with E-state index in [1.54, 1.807) is 11.3 Å². The molecule has 0 aliphatic heterocycles. The summed E-state index contributed by atoms with van der Waals surface area (Å²) < 4.78 is 2.30. The van der Waals surface area contributed by atoms with Crippen molar-refractivity contribution in [2.45, 2.75) is 51.6 Å². The third kappa shape index (κ3) is 3.58. The number of hydrogen-bond donors (Lipinski definition) is 1. The van der Waals surface area contributed by atoms with Gasteiger partial charge in [0.25, 0.3) is 0 Å². The predicted molar refractivity (Wildman–Crippen MR) is 102 cm³/mol. The van der Waals surface area contributed by atoms with E-state index in [-0.39, 0.29) is 0 Å². The van der Waals surface area contributed by atoms with Crippen molar-refractivity contribution in [2.75, 3.05) is 5.32 Å². The Hall–Kier alpha value is -2.21. The molecule has 0 saturated heterocycles. The fourth-order valence-corrected chi connectivity index (χ4v) is 4.23. The van der Waals surface area contributed by atoms with Crippen molar-refractivity contribution >= 4 is 17.0 Å². The summed E-state index contributed by atoms with van der Waals surface area (Å²) in [4.78, 5) is 5.88. The highest BCUT2D eigenvalue weighted by Gasteiger charge is 2.22. The second kappa shape index (κ2) is 7.35. The molecule has 0 radical (unpaired) electrons. The van der Waals surface area contributed by atoms with Crippen LogP contribution in [0.5, 0.6) is 0 Å². The molecule has 25 heavy (non-hydrogen) atoms. The van der Waals surface area contributed by atoms with Crippen LogP contribution in [-0.4, -0.2) is 19.7 Å². The van der Waals surface area contributed by atoms with E-state index in [9.17, 15) is 0 Å². The van der Waals surface area contributed by atoms with E-state index in [0.717, 1.165) is 29.6 Å². The number of nitrogens with one attached hydrogen (secondary N) is 1. The number of anilines is 1. The first-order valence-corrected chi connectivity index (χ1v) is 9.83. The van der Waals surface area contributed by atoms with E-state index in [1.807, 2.05) is 19.2 Å². The Kier molecular flexibility index (Phi) is 4.78. The minimum Gasteiger partial charge on any atom is -0.380 e. The normalized spacial score (nSPS) is 15.4. The highest BCUT2D eigenvalue weighted by molar-refractivity contribution is 7.09. The predicted octanol–water partition coefficient (Wildman–Crippen LogP) is 4.83. The molecule has 3 heterocycles. The van der Waals surface area contributed by atoms with Gasteiger partial charge in [0.1, 0.15) is 11.5 Å². The lowest BCUT2D eigenvalue weighted by Gasteiger charge is -2.25. The van der Waals surface area contributed by atoms with Crippen molar-refractivity contribution in [1.82, 2.24) is 19.7 Å². The van der Waals surface area contributed by atoms with Gasteiger partial charge in [0.2, 0.25) is 0 Å². The quantitative estimate of drug-likeness (QED) is 0.714. The van der Waals surface area contributed by atoms with Crippen molar-refractivity contribution < 1.29 is 0 Å². The minimum atomic E-state index is 0.503. The Morgan fingerprint density at radius 2 is 2.08 bits per heavy atom. The van der Waals surface area contributed by atoms with E-state index in [0.29, 0.717) is 6.04 Å². The third-order valence-electron chi connectivity index (χ3n) is 4.84. The number of hydrogen-bond acceptors (Lipinski definition) is 5. The fraction of sp³-hybridized carbons (Fsp3) is 0.421. The van der Waals surface area contributed by atoms with Crippen molar-refractivity contribution in [1.29, 1.82) is 0 Å². The van der Waals surface area contributed by atoms with E-state index in [4.69, 9.17) is 0 Å². The Morgan fingerprint density at radius 3 is 2.88 bits per heavy atom. The Labute approximate surface area is 152 Å². The molecule has 1 saturated carbocycles. The molecular weight excluding hydrogens is 330 g/mol. The molecule has 3 aromatic rings. The van der Waals surface area contributed by atoms with Crippen LogP contribution < -0.4 is 5.32 Å². The van der Waals surface area contributed by atoms with Gasteiger partial charge in [-0.1, -0.05) is 25.3 Å². The lowest BCUT2D eigenvalue weighted by Crippen LogP contribution is -2.15. The topological polar surface area (TPSA) is 55.6 Å². The van der Waals surface area contributed by atoms with Crippen LogP contribution >= 0.6 is 11.3 Å². The average molecular weight is 353 g/mol. The van der Waals surface area contributed by atoms with Gasteiger partial charge < -0.3 is 9.88 Å². The van der Waals surface area contributed by atoms with Crippen LogP contribution in [0.25, 0.3) is 11.5 Å². The first-order valence-electron chi connectivity index (χ1n) is 8.95. The Morgan fingerprint density at radius 1 is 1.20 bits per heavy atom. The SMILES string of the molecule is Cc1nnc(-c2cc(NCc3cccs3)ccn2)n1C1CCCCC1. The molecule has 130 valence electrons. The van der Waals surface area contributed by atoms with Gasteiger partial charge in [0, 0.05) is 29.3 Å². The maximum absolute atomic E-state index is 4.56. The second-order valence-electron chi connectivity index (χ2n) is 6.60. The van der Waals surface area contributed by atoms with E-state index < -0.39 is 0 Å². The van der Waals surface area contributed by atoms with E-state index >= 15 is 0 Å². The van der Waals surface area contributed by atoms with Gasteiger partial charge in [-0.2, -0.15) is 0 Å². The molecule has 0 bridgehead atoms. The molecule has 0 spiro atoms. The molecule has 6 heteroatoms. The van der Waals surface area contributed by atoms with Gasteiger partial charge in [-0.15, -0.1) is 21.5 Å². The van der Waals surface area contributed by atoms with Crippen LogP contribution in [0, 0.1) is 6.92 Å². The largest absolute Gasteiger partial charge is 0.380 e. The lowest BCUT2D eigenvalue weighted by atomic mass is 9.95. The molecule has 0 atom stereocenters. The van der Waals surface area contributed by atoms with Crippen molar-refractivity contribution in [3.63, 3.8) is 0 Å². The number of rotatable bonds is 5. The average Bonchev–Trinajstić information content (AvgIpc) is 3.30. The molecule has 1 aliphatic rings. The Balaban J connectivity index is 1.58. The summed E-state index contributed by atoms with van der Waals surface area (Å²) in [6.07, 6.45) is 8.19. The van der Waals surface area contributed by atoms with Gasteiger partial charge in [0.05, 0.1) is 0 Å². The maximum Gasteiger partial charge on any atom is 0.182 e. The summed E-state index contributed by atoms with van der Waals surface area (Å²) in [6, 6.07) is 8.81. The molecule has 0 amide bonds. The van der Waals surface area contributed by atoms with Gasteiger partial charge in [-0.05, 0) is 43.3 Å². The monoisotopic (exact) mass is 353 g/mol. The number of pyridine rings is 1. The van der Waals surface area contributed by atoms with Crippen molar-refractivity contribution in [3.05, 3.63) is 46.5 Å². The smallest absolute Gasteiger partial charge is 0.182 e. The lowest BCUT2D eigenvalue weighted by molar-refractivity contribution is 0.350. The van der Waals surface area contributed by atoms with Crippen LogP contribution in [0.4, 0.5) is 5.69 Å². The molecule has 3 aromatic heterocycles. The maximum atomic E-state index is 4.56. The summed E-state index contributed by atoms with van der Waals surface area (Å²) in [7, 11) is 0. The molecule has 1 fully saturated rings. The minimum absolute atomic E-state index is 0.503. The van der Waals surface area contributed by atoms with E-state index in [2.05, 4.69) is 48.6 Å². The summed E-state index contributed by atoms with van der Waals surface area (Å²) in [5.74, 6) is 1.88. The standard InChI is InChI=1S/C19H23N5S/c1-14-22-23-19(24(14)16-6-3-2-4-7-16)18-12-15(9-10-20-18)21-13-17-8-5-11-25-17/h5,8-12,16H,2-4,6-7,13H2,1H3,(H,20,21). The molecule has 1 N–H and O–H groups in total. The van der Waals surface area contributed by atoms with Crippen LogP contribution in [-0.2, 0) is 6.54 Å². The zero-order valence-corrected chi connectivity index (χ0v) is 15.3. The number of nitrogens with zero attached hydrogens (tertiary/aromatic N) is 4. The second-order valence-corrected chi connectivity index (χ2v) is 7.63. The first-order chi connectivity index (χ1) is 12.3. The van der Waals surface area contributed by atoms with Gasteiger partial charge >= 0.3 is 0 Å². The zero-order chi connectivity index (χ0) is 17.1. The first kappa shape index (κ1) is 16.3. The molecule has 4 rings (SSSR count). The third-order valence-corrected chi connectivity index (χ3v) is 5.72. The summed E-state index contributed by atoms with van der Waals surface area (Å²) >= 11 is 1.76. The highest BCUT2D eigenvalue weighted by atomic mass is 32.1. The molecule has 0 aromatic carbocycles. The van der Waals surface area contributed by atoms with Crippen molar-refractivity contribution in [2.24, 2.45) is 0 Å². The zero-order valence-electron chi connectivity index (χ0n) is 14.5. The summed E-state index contributed by atoms with van der Waals surface area (Å²) in [5, 5.41) is 14.4. The summed E-state index contributed by atoms with van der Waals surface area (Å²) in [6.45, 7) is 2.87. The van der Waals surface area contributed by atoms with Crippen LogP contribution in [0.15, 0.2) is 35.8 Å². The summed E-state index contributed by atoms with van der Waals surface area (Å²) in [5.41, 5.74) is 1.96. The number of aromatic nitrogens is 4. The number of thiophene rings is 1. The van der Waals surface area contributed by atoms with Crippen molar-refractivity contribution in [3.8, 4) is 11.5 Å². The van der Waals surface area contributed by atoms with Gasteiger partial charge in [0.15, 0.2) is 5.82 Å². The molecule has 0 unspecified atom stereocenters.